The van der Waals surface area contributed by atoms with Gasteiger partial charge in [0.25, 0.3) is 0 Å². The van der Waals surface area contributed by atoms with E-state index >= 15 is 0 Å². The third-order valence-corrected chi connectivity index (χ3v) is 4.53. The molecule has 0 aliphatic carbocycles. The number of hydrogen-bond donors (Lipinski definition) is 1. The third kappa shape index (κ3) is 4.27. The quantitative estimate of drug-likeness (QED) is 0.844. The molecular formula is C17H26ClNO2. The highest BCUT2D eigenvalue weighted by molar-refractivity contribution is 6.32. The first kappa shape index (κ1) is 16.4. The summed E-state index contributed by atoms with van der Waals surface area (Å²) in [4.78, 5) is 0. The zero-order chi connectivity index (χ0) is 15.2. The predicted octanol–water partition coefficient (Wildman–Crippen LogP) is 4.42. The fourth-order valence-corrected chi connectivity index (χ4v) is 3.12. The molecule has 0 radical (unpaired) electrons. The molecule has 0 spiro atoms. The van der Waals surface area contributed by atoms with Gasteiger partial charge < -0.3 is 14.8 Å². The maximum absolute atomic E-state index is 6.32. The molecule has 2 rings (SSSR count). The zero-order valence-electron chi connectivity index (χ0n) is 13.2. The van der Waals surface area contributed by atoms with Crippen molar-refractivity contribution in [3.8, 4) is 11.5 Å². The highest BCUT2D eigenvalue weighted by Crippen LogP contribution is 2.38. The first-order valence-electron chi connectivity index (χ1n) is 7.97. The van der Waals surface area contributed by atoms with E-state index in [2.05, 4.69) is 26.1 Å². The number of benzene rings is 1. The molecule has 1 aromatic rings. The Hall–Kier alpha value is -0.930. The Bertz CT molecular complexity index is 460. The summed E-state index contributed by atoms with van der Waals surface area (Å²) in [6.07, 6.45) is 3.30. The van der Waals surface area contributed by atoms with Gasteiger partial charge in [-0.3, -0.25) is 0 Å². The molecule has 0 amide bonds. The van der Waals surface area contributed by atoms with Crippen LogP contribution in [0.15, 0.2) is 12.1 Å². The van der Waals surface area contributed by atoms with Crippen LogP contribution in [0.3, 0.4) is 0 Å². The highest BCUT2D eigenvalue weighted by atomic mass is 35.5. The van der Waals surface area contributed by atoms with Crippen LogP contribution in [0.4, 0.5) is 0 Å². The van der Waals surface area contributed by atoms with Crippen LogP contribution in [0.25, 0.3) is 0 Å². The summed E-state index contributed by atoms with van der Waals surface area (Å²) >= 11 is 6.32. The summed E-state index contributed by atoms with van der Waals surface area (Å²) < 4.78 is 11.4. The number of halogens is 1. The van der Waals surface area contributed by atoms with Crippen molar-refractivity contribution in [1.29, 1.82) is 0 Å². The Balaban J connectivity index is 2.04. The van der Waals surface area contributed by atoms with Crippen LogP contribution >= 0.6 is 11.6 Å². The molecule has 1 atom stereocenters. The van der Waals surface area contributed by atoms with Gasteiger partial charge in [0.2, 0.25) is 0 Å². The molecule has 3 nitrogen and oxygen atoms in total. The van der Waals surface area contributed by atoms with Gasteiger partial charge in [0, 0.05) is 19.0 Å². The van der Waals surface area contributed by atoms with Gasteiger partial charge in [-0.15, -0.1) is 0 Å². The lowest BCUT2D eigenvalue weighted by Gasteiger charge is -2.23. The van der Waals surface area contributed by atoms with Crippen LogP contribution < -0.4 is 14.8 Å². The van der Waals surface area contributed by atoms with Gasteiger partial charge in [0.15, 0.2) is 11.5 Å². The Morgan fingerprint density at radius 2 is 1.90 bits per heavy atom. The van der Waals surface area contributed by atoms with E-state index in [0.717, 1.165) is 24.3 Å². The van der Waals surface area contributed by atoms with E-state index in [4.69, 9.17) is 21.1 Å². The van der Waals surface area contributed by atoms with Crippen molar-refractivity contribution in [2.45, 2.75) is 52.6 Å². The lowest BCUT2D eigenvalue weighted by atomic mass is 9.95. The van der Waals surface area contributed by atoms with Crippen LogP contribution in [0.1, 0.15) is 45.6 Å². The largest absolute Gasteiger partial charge is 0.489 e. The molecule has 1 heterocycles. The van der Waals surface area contributed by atoms with Gasteiger partial charge in [-0.25, -0.2) is 0 Å². The number of rotatable bonds is 6. The molecule has 21 heavy (non-hydrogen) atoms. The molecule has 1 aliphatic rings. The van der Waals surface area contributed by atoms with E-state index in [-0.39, 0.29) is 0 Å². The standard InChI is InChI=1S/C17H26ClNO2/c1-4-14(5-2)12(3)19-11-13-9-15(18)17-16(10-13)20-7-6-8-21-17/h9-10,12,14,19H,4-8,11H2,1-3H3. The summed E-state index contributed by atoms with van der Waals surface area (Å²) in [5, 5.41) is 4.24. The molecule has 1 aliphatic heterocycles. The second-order valence-electron chi connectivity index (χ2n) is 5.70. The van der Waals surface area contributed by atoms with Crippen molar-refractivity contribution < 1.29 is 9.47 Å². The Kier molecular flexibility index (Phi) is 6.19. The number of ether oxygens (including phenoxy) is 2. The smallest absolute Gasteiger partial charge is 0.179 e. The van der Waals surface area contributed by atoms with Crippen LogP contribution in [-0.2, 0) is 6.54 Å². The van der Waals surface area contributed by atoms with Crippen LogP contribution in [0.5, 0.6) is 11.5 Å². The average molecular weight is 312 g/mol. The zero-order valence-corrected chi connectivity index (χ0v) is 14.0. The van der Waals surface area contributed by atoms with E-state index in [1.807, 2.05) is 12.1 Å². The predicted molar refractivity (Wildman–Crippen MR) is 87.4 cm³/mol. The normalized spacial score (nSPS) is 15.9. The van der Waals surface area contributed by atoms with Crippen LogP contribution in [0, 0.1) is 5.92 Å². The van der Waals surface area contributed by atoms with Crippen molar-refractivity contribution in [1.82, 2.24) is 5.32 Å². The molecule has 0 bridgehead atoms. The van der Waals surface area contributed by atoms with Gasteiger partial charge in [-0.1, -0.05) is 38.3 Å². The van der Waals surface area contributed by atoms with Crippen molar-refractivity contribution in [2.75, 3.05) is 13.2 Å². The Labute approximate surface area is 133 Å². The van der Waals surface area contributed by atoms with Crippen LogP contribution in [0.2, 0.25) is 5.02 Å². The molecule has 0 saturated carbocycles. The van der Waals surface area contributed by atoms with Gasteiger partial charge in [0.05, 0.1) is 18.2 Å². The fraction of sp³-hybridized carbons (Fsp3) is 0.647. The Morgan fingerprint density at radius 3 is 2.62 bits per heavy atom. The van der Waals surface area contributed by atoms with E-state index in [9.17, 15) is 0 Å². The van der Waals surface area contributed by atoms with E-state index in [1.54, 1.807) is 0 Å². The first-order valence-corrected chi connectivity index (χ1v) is 8.34. The van der Waals surface area contributed by atoms with E-state index < -0.39 is 0 Å². The molecular weight excluding hydrogens is 286 g/mol. The molecule has 0 aromatic heterocycles. The summed E-state index contributed by atoms with van der Waals surface area (Å²) in [5.74, 6) is 2.17. The molecule has 1 N–H and O–H groups in total. The van der Waals surface area contributed by atoms with Crippen molar-refractivity contribution in [3.05, 3.63) is 22.7 Å². The maximum atomic E-state index is 6.32. The molecule has 118 valence electrons. The van der Waals surface area contributed by atoms with Gasteiger partial charge >= 0.3 is 0 Å². The molecule has 0 saturated heterocycles. The third-order valence-electron chi connectivity index (χ3n) is 4.25. The minimum Gasteiger partial charge on any atom is -0.489 e. The number of hydrogen-bond acceptors (Lipinski definition) is 3. The first-order chi connectivity index (χ1) is 10.2. The second-order valence-corrected chi connectivity index (χ2v) is 6.11. The van der Waals surface area contributed by atoms with Crippen LogP contribution in [-0.4, -0.2) is 19.3 Å². The molecule has 1 unspecified atom stereocenters. The highest BCUT2D eigenvalue weighted by Gasteiger charge is 2.17. The molecule has 4 heteroatoms. The maximum Gasteiger partial charge on any atom is 0.179 e. The lowest BCUT2D eigenvalue weighted by molar-refractivity contribution is 0.297. The van der Waals surface area contributed by atoms with E-state index in [0.29, 0.717) is 35.9 Å². The summed E-state index contributed by atoms with van der Waals surface area (Å²) in [7, 11) is 0. The minimum absolute atomic E-state index is 0.495. The van der Waals surface area contributed by atoms with Crippen molar-refractivity contribution >= 4 is 11.6 Å². The van der Waals surface area contributed by atoms with Gasteiger partial charge in [-0.05, 0) is 30.5 Å². The van der Waals surface area contributed by atoms with Crippen molar-refractivity contribution in [3.63, 3.8) is 0 Å². The SMILES string of the molecule is CCC(CC)C(C)NCc1cc(Cl)c2c(c1)OCCCO2. The fourth-order valence-electron chi connectivity index (χ4n) is 2.83. The lowest BCUT2D eigenvalue weighted by Crippen LogP contribution is -2.32. The number of fused-ring (bicyclic) bond motifs is 1. The summed E-state index contributed by atoms with van der Waals surface area (Å²) in [6, 6.07) is 4.51. The average Bonchev–Trinajstić information content (AvgIpc) is 2.72. The topological polar surface area (TPSA) is 30.5 Å². The summed E-state index contributed by atoms with van der Waals surface area (Å²) in [5.41, 5.74) is 1.14. The molecule has 0 fully saturated rings. The minimum atomic E-state index is 0.495. The number of nitrogens with one attached hydrogen (secondary N) is 1. The molecule has 1 aromatic carbocycles. The second kappa shape index (κ2) is 7.90. The monoisotopic (exact) mass is 311 g/mol. The van der Waals surface area contributed by atoms with E-state index in [1.165, 1.54) is 12.8 Å². The van der Waals surface area contributed by atoms with Gasteiger partial charge in [0.1, 0.15) is 0 Å². The summed E-state index contributed by atoms with van der Waals surface area (Å²) in [6.45, 7) is 8.89. The van der Waals surface area contributed by atoms with Gasteiger partial charge in [-0.2, -0.15) is 0 Å². The Morgan fingerprint density at radius 1 is 1.19 bits per heavy atom. The van der Waals surface area contributed by atoms with Crippen molar-refractivity contribution in [2.24, 2.45) is 5.92 Å².